The number of benzene rings is 2. The lowest BCUT2D eigenvalue weighted by atomic mass is 10.0. The van der Waals surface area contributed by atoms with Gasteiger partial charge in [-0.2, -0.15) is 0 Å². The SMILES string of the molecule is O=C(NC(c1ccccc1)C1CC1)C1Cc2ccccc2O1. The van der Waals surface area contributed by atoms with E-state index in [0.717, 1.165) is 11.3 Å². The Hall–Kier alpha value is -2.29. The third kappa shape index (κ3) is 2.59. The first kappa shape index (κ1) is 13.4. The van der Waals surface area contributed by atoms with Crippen molar-refractivity contribution in [2.45, 2.75) is 31.4 Å². The van der Waals surface area contributed by atoms with Gasteiger partial charge in [-0.25, -0.2) is 0 Å². The molecule has 2 aromatic rings. The molecule has 1 fully saturated rings. The van der Waals surface area contributed by atoms with E-state index in [0.29, 0.717) is 12.3 Å². The fraction of sp³-hybridized carbons (Fsp3) is 0.316. The zero-order chi connectivity index (χ0) is 14.9. The first-order valence-electron chi connectivity index (χ1n) is 7.91. The van der Waals surface area contributed by atoms with Crippen molar-refractivity contribution < 1.29 is 9.53 Å². The van der Waals surface area contributed by atoms with Gasteiger partial charge in [0.1, 0.15) is 5.75 Å². The van der Waals surface area contributed by atoms with Crippen LogP contribution in [0.1, 0.15) is 30.0 Å². The van der Waals surface area contributed by atoms with Crippen LogP contribution in [0.3, 0.4) is 0 Å². The molecule has 112 valence electrons. The quantitative estimate of drug-likeness (QED) is 0.939. The molecular formula is C19H19NO2. The highest BCUT2D eigenvalue weighted by molar-refractivity contribution is 5.83. The number of ether oxygens (including phenoxy) is 1. The number of amides is 1. The Bertz CT molecular complexity index is 654. The maximum Gasteiger partial charge on any atom is 0.261 e. The molecule has 2 aromatic carbocycles. The third-order valence-electron chi connectivity index (χ3n) is 4.49. The summed E-state index contributed by atoms with van der Waals surface area (Å²) in [5, 5.41) is 3.21. The van der Waals surface area contributed by atoms with Crippen molar-refractivity contribution in [1.29, 1.82) is 0 Å². The number of carbonyl (C=O) groups is 1. The lowest BCUT2D eigenvalue weighted by molar-refractivity contribution is -0.128. The van der Waals surface area contributed by atoms with E-state index < -0.39 is 6.10 Å². The number of hydrogen-bond acceptors (Lipinski definition) is 2. The topological polar surface area (TPSA) is 38.3 Å². The molecule has 2 aliphatic rings. The van der Waals surface area contributed by atoms with Gasteiger partial charge in [-0.3, -0.25) is 4.79 Å². The fourth-order valence-corrected chi connectivity index (χ4v) is 3.14. The number of fused-ring (bicyclic) bond motifs is 1. The van der Waals surface area contributed by atoms with Crippen molar-refractivity contribution in [1.82, 2.24) is 5.32 Å². The Morgan fingerprint density at radius 1 is 1.05 bits per heavy atom. The van der Waals surface area contributed by atoms with Crippen LogP contribution in [0, 0.1) is 5.92 Å². The van der Waals surface area contributed by atoms with E-state index in [2.05, 4.69) is 17.4 Å². The minimum atomic E-state index is -0.401. The zero-order valence-corrected chi connectivity index (χ0v) is 12.4. The zero-order valence-electron chi connectivity index (χ0n) is 12.4. The third-order valence-corrected chi connectivity index (χ3v) is 4.49. The van der Waals surface area contributed by atoms with Crippen molar-refractivity contribution >= 4 is 5.91 Å². The van der Waals surface area contributed by atoms with Gasteiger partial charge in [0.05, 0.1) is 6.04 Å². The van der Waals surface area contributed by atoms with Gasteiger partial charge >= 0.3 is 0 Å². The van der Waals surface area contributed by atoms with Crippen LogP contribution in [0.4, 0.5) is 0 Å². The number of nitrogens with one attached hydrogen (secondary N) is 1. The van der Waals surface area contributed by atoms with Gasteiger partial charge < -0.3 is 10.1 Å². The van der Waals surface area contributed by atoms with Gasteiger partial charge in [-0.05, 0) is 36.0 Å². The van der Waals surface area contributed by atoms with E-state index in [1.165, 1.54) is 18.4 Å². The van der Waals surface area contributed by atoms with Gasteiger partial charge in [-0.1, -0.05) is 48.5 Å². The minimum Gasteiger partial charge on any atom is -0.480 e. The molecule has 1 amide bonds. The predicted octanol–water partition coefficient (Wildman–Crippen LogP) is 3.26. The van der Waals surface area contributed by atoms with E-state index in [-0.39, 0.29) is 11.9 Å². The van der Waals surface area contributed by atoms with Gasteiger partial charge in [0.15, 0.2) is 6.10 Å². The van der Waals surface area contributed by atoms with Crippen LogP contribution >= 0.6 is 0 Å². The highest BCUT2D eigenvalue weighted by Gasteiger charge is 2.36. The van der Waals surface area contributed by atoms with Gasteiger partial charge in [0, 0.05) is 6.42 Å². The lowest BCUT2D eigenvalue weighted by Gasteiger charge is -2.21. The normalized spacial score (nSPS) is 20.8. The molecule has 0 radical (unpaired) electrons. The summed E-state index contributed by atoms with van der Waals surface area (Å²) in [5.41, 5.74) is 2.30. The molecule has 0 spiro atoms. The summed E-state index contributed by atoms with van der Waals surface area (Å²) in [6, 6.07) is 18.2. The molecule has 0 bridgehead atoms. The maximum atomic E-state index is 12.6. The van der Waals surface area contributed by atoms with Crippen LogP contribution in [-0.2, 0) is 11.2 Å². The smallest absolute Gasteiger partial charge is 0.261 e. The number of carbonyl (C=O) groups excluding carboxylic acids is 1. The molecule has 1 N–H and O–H groups in total. The summed E-state index contributed by atoms with van der Waals surface area (Å²) in [6.07, 6.45) is 2.63. The Labute approximate surface area is 130 Å². The van der Waals surface area contributed by atoms with Crippen molar-refractivity contribution in [3.05, 3.63) is 65.7 Å². The number of para-hydroxylation sites is 1. The molecule has 1 aliphatic heterocycles. The van der Waals surface area contributed by atoms with E-state index >= 15 is 0 Å². The average Bonchev–Trinajstić information content (AvgIpc) is 3.30. The van der Waals surface area contributed by atoms with E-state index in [4.69, 9.17) is 4.74 Å². The molecule has 1 saturated carbocycles. The highest BCUT2D eigenvalue weighted by atomic mass is 16.5. The van der Waals surface area contributed by atoms with Crippen LogP contribution in [0.25, 0.3) is 0 Å². The first-order valence-corrected chi connectivity index (χ1v) is 7.91. The molecule has 3 heteroatoms. The second-order valence-electron chi connectivity index (χ2n) is 6.15. The van der Waals surface area contributed by atoms with E-state index in [1.807, 2.05) is 42.5 Å². The highest BCUT2D eigenvalue weighted by Crippen LogP contribution is 2.41. The maximum absolute atomic E-state index is 12.6. The largest absolute Gasteiger partial charge is 0.480 e. The minimum absolute atomic E-state index is 0.00282. The molecule has 2 unspecified atom stereocenters. The molecule has 1 aliphatic carbocycles. The predicted molar refractivity (Wildman–Crippen MR) is 84.6 cm³/mol. The van der Waals surface area contributed by atoms with Crippen molar-refractivity contribution in [3.63, 3.8) is 0 Å². The van der Waals surface area contributed by atoms with Crippen LogP contribution in [0.2, 0.25) is 0 Å². The van der Waals surface area contributed by atoms with Crippen LogP contribution in [0.5, 0.6) is 5.75 Å². The summed E-state index contributed by atoms with van der Waals surface area (Å²) in [6.45, 7) is 0. The molecule has 4 rings (SSSR count). The molecule has 0 aromatic heterocycles. The summed E-state index contributed by atoms with van der Waals surface area (Å²) in [4.78, 5) is 12.6. The van der Waals surface area contributed by atoms with E-state index in [1.54, 1.807) is 0 Å². The van der Waals surface area contributed by atoms with Crippen LogP contribution < -0.4 is 10.1 Å². The second kappa shape index (κ2) is 5.48. The second-order valence-corrected chi connectivity index (χ2v) is 6.15. The summed E-state index contributed by atoms with van der Waals surface area (Å²) in [7, 11) is 0. The van der Waals surface area contributed by atoms with Crippen molar-refractivity contribution in [3.8, 4) is 5.75 Å². The van der Waals surface area contributed by atoms with Gasteiger partial charge in [0.2, 0.25) is 0 Å². The van der Waals surface area contributed by atoms with Crippen molar-refractivity contribution in [2.24, 2.45) is 5.92 Å². The Balaban J connectivity index is 1.47. The van der Waals surface area contributed by atoms with Gasteiger partial charge in [-0.15, -0.1) is 0 Å². The lowest BCUT2D eigenvalue weighted by Crippen LogP contribution is -2.40. The molecule has 3 nitrogen and oxygen atoms in total. The molecular weight excluding hydrogens is 274 g/mol. The van der Waals surface area contributed by atoms with E-state index in [9.17, 15) is 4.79 Å². The molecule has 0 saturated heterocycles. The first-order chi connectivity index (χ1) is 10.8. The average molecular weight is 293 g/mol. The fourth-order valence-electron chi connectivity index (χ4n) is 3.14. The monoisotopic (exact) mass is 293 g/mol. The Morgan fingerprint density at radius 2 is 1.77 bits per heavy atom. The molecule has 1 heterocycles. The number of rotatable bonds is 4. The summed E-state index contributed by atoms with van der Waals surface area (Å²) >= 11 is 0. The summed E-state index contributed by atoms with van der Waals surface area (Å²) in [5.74, 6) is 1.40. The number of hydrogen-bond donors (Lipinski definition) is 1. The van der Waals surface area contributed by atoms with Crippen molar-refractivity contribution in [2.75, 3.05) is 0 Å². The Kier molecular flexibility index (Phi) is 3.34. The summed E-state index contributed by atoms with van der Waals surface area (Å²) < 4.78 is 5.79. The van der Waals surface area contributed by atoms with Crippen LogP contribution in [-0.4, -0.2) is 12.0 Å². The molecule has 2 atom stereocenters. The molecule has 22 heavy (non-hydrogen) atoms. The Morgan fingerprint density at radius 3 is 2.50 bits per heavy atom. The van der Waals surface area contributed by atoms with Gasteiger partial charge in [0.25, 0.3) is 5.91 Å². The standard InChI is InChI=1S/C19H19NO2/c21-19(17-12-15-8-4-5-9-16(15)22-17)20-18(14-10-11-14)13-6-2-1-3-7-13/h1-9,14,17-18H,10-12H2,(H,20,21). The van der Waals surface area contributed by atoms with Crippen LogP contribution in [0.15, 0.2) is 54.6 Å².